The van der Waals surface area contributed by atoms with Crippen molar-refractivity contribution in [2.24, 2.45) is 0 Å². The number of rotatable bonds is 8. The molecule has 2 rings (SSSR count). The van der Waals surface area contributed by atoms with Crippen molar-refractivity contribution < 1.29 is 38.4 Å². The second-order valence-corrected chi connectivity index (χ2v) is 10.6. The van der Waals surface area contributed by atoms with Crippen LogP contribution in [0.3, 0.4) is 0 Å². The standard InChI is InChI=1S/C20H24Cl3NO8S/c1-10(25)29-9-14-16(30-11(2)26)17(31-12(3)27)15(24-19(28)20(21,22)23)18(32-14)33-13-7-5-4-6-8-13/h4-8,14-19,24,28H,9H2,1-3H3/t14-,15+,16-,17+,18+,19+/m0/s1. The van der Waals surface area contributed by atoms with Gasteiger partial charge in [-0.15, -0.1) is 0 Å². The molecule has 33 heavy (non-hydrogen) atoms. The maximum absolute atomic E-state index is 11.9. The summed E-state index contributed by atoms with van der Waals surface area (Å²) >= 11 is 18.7. The zero-order chi connectivity index (χ0) is 24.8. The molecule has 0 unspecified atom stereocenters. The average molecular weight is 545 g/mol. The second-order valence-electron chi connectivity index (χ2n) is 7.06. The average Bonchev–Trinajstić information content (AvgIpc) is 2.70. The predicted molar refractivity (Wildman–Crippen MR) is 122 cm³/mol. The number of aliphatic hydroxyl groups is 1. The Labute approximate surface area is 210 Å². The van der Waals surface area contributed by atoms with Crippen molar-refractivity contribution in [2.45, 2.75) is 65.5 Å². The van der Waals surface area contributed by atoms with Crippen LogP contribution in [0.15, 0.2) is 35.2 Å². The number of aliphatic hydroxyl groups excluding tert-OH is 1. The van der Waals surface area contributed by atoms with Crippen LogP contribution in [0.1, 0.15) is 20.8 Å². The quantitative estimate of drug-likeness (QED) is 0.219. The largest absolute Gasteiger partial charge is 0.463 e. The third-order valence-electron chi connectivity index (χ3n) is 4.36. The van der Waals surface area contributed by atoms with Crippen molar-refractivity contribution >= 4 is 64.5 Å². The molecule has 1 aromatic carbocycles. The smallest absolute Gasteiger partial charge is 0.303 e. The number of thioether (sulfide) groups is 1. The number of nitrogens with one attached hydrogen (secondary N) is 1. The van der Waals surface area contributed by atoms with E-state index in [0.717, 1.165) is 11.8 Å². The van der Waals surface area contributed by atoms with E-state index < -0.39 is 57.7 Å². The fourth-order valence-corrected chi connectivity index (χ4v) is 4.44. The number of carbonyl (C=O) groups is 3. The van der Waals surface area contributed by atoms with Crippen molar-refractivity contribution in [3.8, 4) is 0 Å². The minimum Gasteiger partial charge on any atom is -0.463 e. The number of esters is 3. The van der Waals surface area contributed by atoms with E-state index in [-0.39, 0.29) is 6.61 Å². The van der Waals surface area contributed by atoms with E-state index in [2.05, 4.69) is 5.32 Å². The molecule has 0 amide bonds. The van der Waals surface area contributed by atoms with Gasteiger partial charge in [0.1, 0.15) is 18.1 Å². The maximum Gasteiger partial charge on any atom is 0.303 e. The lowest BCUT2D eigenvalue weighted by atomic mass is 9.97. The van der Waals surface area contributed by atoms with Gasteiger partial charge in [-0.2, -0.15) is 0 Å². The molecule has 1 aliphatic heterocycles. The minimum atomic E-state index is -2.13. The molecule has 2 N–H and O–H groups in total. The van der Waals surface area contributed by atoms with Crippen molar-refractivity contribution in [1.82, 2.24) is 5.32 Å². The highest BCUT2D eigenvalue weighted by atomic mass is 35.6. The van der Waals surface area contributed by atoms with Gasteiger partial charge in [0, 0.05) is 25.7 Å². The van der Waals surface area contributed by atoms with Crippen LogP contribution in [0, 0.1) is 0 Å². The molecule has 1 heterocycles. The summed E-state index contributed by atoms with van der Waals surface area (Å²) in [6.45, 7) is 3.27. The minimum absolute atomic E-state index is 0.281. The van der Waals surface area contributed by atoms with Crippen molar-refractivity contribution in [2.75, 3.05) is 6.61 Å². The molecule has 1 saturated heterocycles. The van der Waals surface area contributed by atoms with Crippen LogP contribution in [0.2, 0.25) is 0 Å². The summed E-state index contributed by atoms with van der Waals surface area (Å²) in [5, 5.41) is 13.1. The summed E-state index contributed by atoms with van der Waals surface area (Å²) in [5.41, 5.74) is -0.855. The first kappa shape index (κ1) is 28.0. The topological polar surface area (TPSA) is 120 Å². The molecule has 1 aromatic rings. The van der Waals surface area contributed by atoms with Crippen molar-refractivity contribution in [3.63, 3.8) is 0 Å². The highest BCUT2D eigenvalue weighted by Crippen LogP contribution is 2.37. The van der Waals surface area contributed by atoms with E-state index in [0.29, 0.717) is 0 Å². The molecule has 0 aliphatic carbocycles. The summed E-state index contributed by atoms with van der Waals surface area (Å²) in [7, 11) is 0. The van der Waals surface area contributed by atoms with E-state index >= 15 is 0 Å². The van der Waals surface area contributed by atoms with E-state index in [4.69, 9.17) is 53.8 Å². The Morgan fingerprint density at radius 2 is 1.64 bits per heavy atom. The highest BCUT2D eigenvalue weighted by Gasteiger charge is 2.52. The molecule has 6 atom stereocenters. The normalized spacial score (nSPS) is 26.2. The Kier molecular flexibility index (Phi) is 10.5. The van der Waals surface area contributed by atoms with Gasteiger partial charge in [0.2, 0.25) is 3.79 Å². The maximum atomic E-state index is 11.9. The monoisotopic (exact) mass is 543 g/mol. The molecular formula is C20H24Cl3NO8S. The zero-order valence-electron chi connectivity index (χ0n) is 17.9. The van der Waals surface area contributed by atoms with Crippen LogP contribution >= 0.6 is 46.6 Å². The van der Waals surface area contributed by atoms with Gasteiger partial charge in [0.15, 0.2) is 18.4 Å². The summed E-state index contributed by atoms with van der Waals surface area (Å²) in [4.78, 5) is 35.9. The second kappa shape index (κ2) is 12.4. The Morgan fingerprint density at radius 1 is 1.06 bits per heavy atom. The first-order valence-electron chi connectivity index (χ1n) is 9.74. The number of hydrogen-bond acceptors (Lipinski definition) is 10. The zero-order valence-corrected chi connectivity index (χ0v) is 21.0. The fraction of sp³-hybridized carbons (Fsp3) is 0.550. The van der Waals surface area contributed by atoms with E-state index in [1.807, 2.05) is 30.3 Å². The molecular weight excluding hydrogens is 521 g/mol. The van der Waals surface area contributed by atoms with Crippen LogP contribution in [0.25, 0.3) is 0 Å². The van der Waals surface area contributed by atoms with Crippen LogP contribution in [0.4, 0.5) is 0 Å². The third kappa shape index (κ3) is 8.79. The van der Waals surface area contributed by atoms with Crippen molar-refractivity contribution in [1.29, 1.82) is 0 Å². The Hall–Kier alpha value is -1.27. The molecule has 0 aromatic heterocycles. The van der Waals surface area contributed by atoms with Crippen LogP contribution in [-0.2, 0) is 33.3 Å². The molecule has 9 nitrogen and oxygen atoms in total. The summed E-state index contributed by atoms with van der Waals surface area (Å²) in [6, 6.07) is 8.07. The van der Waals surface area contributed by atoms with Crippen molar-refractivity contribution in [3.05, 3.63) is 30.3 Å². The predicted octanol–water partition coefficient (Wildman–Crippen LogP) is 2.58. The van der Waals surface area contributed by atoms with Gasteiger partial charge in [-0.25, -0.2) is 0 Å². The van der Waals surface area contributed by atoms with Gasteiger partial charge in [-0.3, -0.25) is 19.7 Å². The lowest BCUT2D eigenvalue weighted by molar-refractivity contribution is -0.214. The SMILES string of the molecule is CC(=O)OC[C@@H]1O[C@H](Sc2ccccc2)[C@H](N[C@H](O)C(Cl)(Cl)Cl)[C@@H](OC(C)=O)[C@H]1OC(C)=O. The van der Waals surface area contributed by atoms with Gasteiger partial charge >= 0.3 is 17.9 Å². The Balaban J connectivity index is 2.48. The Bertz CT molecular complexity index is 825. The number of alkyl halides is 3. The first-order chi connectivity index (χ1) is 15.4. The van der Waals surface area contributed by atoms with E-state index in [1.54, 1.807) is 0 Å². The third-order valence-corrected chi connectivity index (χ3v) is 6.16. The molecule has 13 heteroatoms. The number of benzene rings is 1. The van der Waals surface area contributed by atoms with Gasteiger partial charge in [-0.05, 0) is 12.1 Å². The number of halogens is 3. The lowest BCUT2D eigenvalue weighted by Gasteiger charge is -2.46. The van der Waals surface area contributed by atoms with E-state index in [1.165, 1.54) is 25.6 Å². The van der Waals surface area contributed by atoms with Gasteiger partial charge in [0.25, 0.3) is 0 Å². The van der Waals surface area contributed by atoms with Gasteiger partial charge in [-0.1, -0.05) is 64.8 Å². The molecule has 184 valence electrons. The molecule has 1 aliphatic rings. The van der Waals surface area contributed by atoms with Gasteiger partial charge in [0.05, 0.1) is 6.04 Å². The number of hydrogen-bond donors (Lipinski definition) is 2. The summed E-state index contributed by atoms with van der Waals surface area (Å²) in [5.74, 6) is -1.96. The summed E-state index contributed by atoms with van der Waals surface area (Å²) in [6.07, 6.45) is -5.08. The number of ether oxygens (including phenoxy) is 4. The highest BCUT2D eigenvalue weighted by molar-refractivity contribution is 7.99. The van der Waals surface area contributed by atoms with E-state index in [9.17, 15) is 19.5 Å². The van der Waals surface area contributed by atoms with Crippen LogP contribution in [0.5, 0.6) is 0 Å². The fourth-order valence-electron chi connectivity index (χ4n) is 3.09. The Morgan fingerprint density at radius 3 is 2.15 bits per heavy atom. The van der Waals surface area contributed by atoms with Gasteiger partial charge < -0.3 is 24.1 Å². The summed E-state index contributed by atoms with van der Waals surface area (Å²) < 4.78 is 19.9. The number of carbonyl (C=O) groups excluding carboxylic acids is 3. The van der Waals surface area contributed by atoms with Crippen LogP contribution in [-0.4, -0.2) is 69.4 Å². The molecule has 1 fully saturated rings. The first-order valence-corrected chi connectivity index (χ1v) is 11.8. The molecule has 0 bridgehead atoms. The van der Waals surface area contributed by atoms with Crippen LogP contribution < -0.4 is 5.32 Å². The molecule has 0 saturated carbocycles. The molecule has 0 spiro atoms. The molecule has 0 radical (unpaired) electrons. The lowest BCUT2D eigenvalue weighted by Crippen LogP contribution is -2.67.